The van der Waals surface area contributed by atoms with Gasteiger partial charge in [0.1, 0.15) is 42.9 Å². The highest BCUT2D eigenvalue weighted by atomic mass is 35.5. The number of aliphatic carboxylic acids is 3. The molecule has 6 atom stereocenters. The van der Waals surface area contributed by atoms with Crippen LogP contribution in [0.25, 0.3) is 0 Å². The Kier molecular flexibility index (Phi) is 19.4. The second-order valence-electron chi connectivity index (χ2n) is 9.67. The summed E-state index contributed by atoms with van der Waals surface area (Å²) in [5.74, 6) is -4.26. The lowest BCUT2D eigenvalue weighted by molar-refractivity contribution is -0.366. The summed E-state index contributed by atoms with van der Waals surface area (Å²) in [6.45, 7) is 6.55. The van der Waals surface area contributed by atoms with Crippen LogP contribution in [0.2, 0.25) is 5.02 Å². The number of carbonyl (C=O) groups excluding carboxylic acids is 1. The zero-order valence-corrected chi connectivity index (χ0v) is 27.8. The standard InChI is InChI=1S/C25H31ClO9.3C2H4O2/c1-5-33-17-9-6-15(7-10-17)23(31-3)18-12-16(8-11-19(18)26)25(32-4)24(30)22(29)21(28)20(35-25)13-34-14(2)27;3*1-2(3)4/h6-12,20-24,28-30H,5,13H2,1-4H3;3*1H3,(H,3,4)/t20-,21+,22+,23?,24-,25?;;;/m1.../s1. The number of hydrogen-bond donors (Lipinski definition) is 6. The molecule has 1 fully saturated rings. The van der Waals surface area contributed by atoms with Gasteiger partial charge in [-0.2, -0.15) is 0 Å². The minimum absolute atomic E-state index is 0.318. The van der Waals surface area contributed by atoms with Crippen LogP contribution in [0.4, 0.5) is 0 Å². The van der Waals surface area contributed by atoms with E-state index in [-0.39, 0.29) is 6.61 Å². The van der Waals surface area contributed by atoms with Gasteiger partial charge >= 0.3 is 5.97 Å². The van der Waals surface area contributed by atoms with E-state index in [4.69, 9.17) is 65.0 Å². The Morgan fingerprint density at radius 3 is 1.81 bits per heavy atom. The summed E-state index contributed by atoms with van der Waals surface area (Å²) in [6, 6.07) is 12.2. The number of rotatable bonds is 9. The molecule has 0 aromatic heterocycles. The Labute approximate surface area is 277 Å². The van der Waals surface area contributed by atoms with Gasteiger partial charge in [0.2, 0.25) is 5.79 Å². The van der Waals surface area contributed by atoms with E-state index >= 15 is 0 Å². The molecule has 2 aromatic carbocycles. The van der Waals surface area contributed by atoms with Gasteiger partial charge in [0.05, 0.1) is 6.61 Å². The number of benzene rings is 2. The van der Waals surface area contributed by atoms with E-state index in [1.54, 1.807) is 18.2 Å². The number of hydrogen-bond acceptors (Lipinski definition) is 12. The molecule has 0 aliphatic carbocycles. The average molecular weight is 691 g/mol. The summed E-state index contributed by atoms with van der Waals surface area (Å²) < 4.78 is 27.8. The van der Waals surface area contributed by atoms with Gasteiger partial charge in [-0.25, -0.2) is 0 Å². The molecule has 264 valence electrons. The molecule has 3 rings (SSSR count). The molecule has 0 bridgehead atoms. The minimum Gasteiger partial charge on any atom is -0.494 e. The van der Waals surface area contributed by atoms with Gasteiger partial charge in [0.25, 0.3) is 17.9 Å². The van der Waals surface area contributed by atoms with Gasteiger partial charge < -0.3 is 54.3 Å². The number of carboxylic acid groups (broad SMARTS) is 3. The third-order valence-corrected chi connectivity index (χ3v) is 6.28. The fraction of sp³-hybridized carbons (Fsp3) is 0.484. The first kappa shape index (κ1) is 43.2. The second kappa shape index (κ2) is 21.1. The van der Waals surface area contributed by atoms with Crippen molar-refractivity contribution in [3.8, 4) is 5.75 Å². The minimum atomic E-state index is -1.89. The maximum absolute atomic E-state index is 11.3. The lowest BCUT2D eigenvalue weighted by atomic mass is 9.86. The number of methoxy groups -OCH3 is 2. The maximum atomic E-state index is 11.3. The smallest absolute Gasteiger partial charge is 0.302 e. The summed E-state index contributed by atoms with van der Waals surface area (Å²) in [7, 11) is 2.84. The molecule has 0 saturated carbocycles. The summed E-state index contributed by atoms with van der Waals surface area (Å²) in [5.41, 5.74) is 1.67. The first-order valence-corrected chi connectivity index (χ1v) is 14.3. The zero-order valence-electron chi connectivity index (χ0n) is 27.1. The van der Waals surface area contributed by atoms with Crippen molar-refractivity contribution in [2.24, 2.45) is 0 Å². The zero-order chi connectivity index (χ0) is 36.5. The van der Waals surface area contributed by atoms with Crippen molar-refractivity contribution in [1.82, 2.24) is 0 Å². The quantitative estimate of drug-likeness (QED) is 0.207. The van der Waals surface area contributed by atoms with Crippen molar-refractivity contribution >= 4 is 35.5 Å². The van der Waals surface area contributed by atoms with Crippen molar-refractivity contribution in [3.63, 3.8) is 0 Å². The van der Waals surface area contributed by atoms with Crippen molar-refractivity contribution < 1.29 is 73.5 Å². The Balaban J connectivity index is 0.00000151. The van der Waals surface area contributed by atoms with Crippen molar-refractivity contribution in [1.29, 1.82) is 0 Å². The van der Waals surface area contributed by atoms with Crippen LogP contribution in [0.15, 0.2) is 42.5 Å². The largest absolute Gasteiger partial charge is 0.494 e. The number of esters is 1. The lowest BCUT2D eigenvalue weighted by Crippen LogP contribution is -2.64. The summed E-state index contributed by atoms with van der Waals surface area (Å²) in [4.78, 5) is 38.3. The predicted molar refractivity (Wildman–Crippen MR) is 166 cm³/mol. The van der Waals surface area contributed by atoms with E-state index in [1.807, 2.05) is 31.2 Å². The molecule has 2 aromatic rings. The summed E-state index contributed by atoms with van der Waals surface area (Å²) in [5, 5.41) is 54.5. The molecule has 0 spiro atoms. The van der Waals surface area contributed by atoms with Crippen LogP contribution in [-0.2, 0) is 43.9 Å². The highest BCUT2D eigenvalue weighted by Gasteiger charge is 2.55. The molecule has 6 N–H and O–H groups in total. The number of ether oxygens (including phenoxy) is 5. The van der Waals surface area contributed by atoms with Crippen LogP contribution in [0.5, 0.6) is 5.75 Å². The maximum Gasteiger partial charge on any atom is 0.302 e. The first-order chi connectivity index (χ1) is 21.9. The van der Waals surface area contributed by atoms with Crippen LogP contribution >= 0.6 is 11.6 Å². The van der Waals surface area contributed by atoms with Crippen molar-refractivity contribution in [3.05, 3.63) is 64.2 Å². The van der Waals surface area contributed by atoms with E-state index < -0.39 is 60.2 Å². The highest BCUT2D eigenvalue weighted by molar-refractivity contribution is 6.31. The van der Waals surface area contributed by atoms with Crippen LogP contribution in [0, 0.1) is 0 Å². The Morgan fingerprint density at radius 1 is 0.872 bits per heavy atom. The van der Waals surface area contributed by atoms with E-state index in [0.717, 1.165) is 32.1 Å². The van der Waals surface area contributed by atoms with Crippen LogP contribution in [-0.4, -0.2) is 106 Å². The Morgan fingerprint density at radius 2 is 1.38 bits per heavy atom. The highest BCUT2D eigenvalue weighted by Crippen LogP contribution is 2.42. The number of aliphatic hydroxyl groups excluding tert-OH is 3. The topological polar surface area (TPSA) is 236 Å². The molecule has 1 aliphatic rings. The molecule has 1 aliphatic heterocycles. The molecule has 2 unspecified atom stereocenters. The Hall–Kier alpha value is -3.83. The third kappa shape index (κ3) is 14.2. The molecule has 0 radical (unpaired) electrons. The molecule has 47 heavy (non-hydrogen) atoms. The first-order valence-electron chi connectivity index (χ1n) is 13.9. The fourth-order valence-electron chi connectivity index (χ4n) is 4.16. The fourth-order valence-corrected chi connectivity index (χ4v) is 4.38. The van der Waals surface area contributed by atoms with Crippen molar-refractivity contribution in [2.75, 3.05) is 27.4 Å². The van der Waals surface area contributed by atoms with E-state index in [1.165, 1.54) is 21.1 Å². The molecular weight excluding hydrogens is 648 g/mol. The SMILES string of the molecule is CC(=O)O.CC(=O)O.CC(=O)O.CCOc1ccc(C(OC)c2cc(C3(OC)O[C@H](COC(C)=O)[C@H](O)[C@H](O)[C@H]3O)ccc2Cl)cc1. The molecule has 1 saturated heterocycles. The van der Waals surface area contributed by atoms with Crippen LogP contribution < -0.4 is 4.74 Å². The Bertz CT molecular complexity index is 1250. The van der Waals surface area contributed by atoms with Gasteiger partial charge in [0, 0.05) is 58.1 Å². The van der Waals surface area contributed by atoms with E-state index in [9.17, 15) is 20.1 Å². The number of carbonyl (C=O) groups is 4. The molecule has 15 nitrogen and oxygen atoms in total. The van der Waals surface area contributed by atoms with Gasteiger partial charge in [-0.05, 0) is 36.8 Å². The lowest BCUT2D eigenvalue weighted by Gasteiger charge is -2.48. The number of carboxylic acids is 3. The van der Waals surface area contributed by atoms with Crippen LogP contribution in [0.3, 0.4) is 0 Å². The van der Waals surface area contributed by atoms with Gasteiger partial charge in [-0.1, -0.05) is 29.8 Å². The van der Waals surface area contributed by atoms with E-state index in [2.05, 4.69) is 0 Å². The van der Waals surface area contributed by atoms with E-state index in [0.29, 0.717) is 22.8 Å². The molecule has 0 amide bonds. The third-order valence-electron chi connectivity index (χ3n) is 5.93. The van der Waals surface area contributed by atoms with Gasteiger partial charge in [0.15, 0.2) is 0 Å². The normalized spacial score (nSPS) is 21.9. The number of aliphatic hydroxyl groups is 3. The predicted octanol–water partition coefficient (Wildman–Crippen LogP) is 2.59. The second-order valence-corrected chi connectivity index (χ2v) is 10.1. The van der Waals surface area contributed by atoms with Gasteiger partial charge in [-0.15, -0.1) is 0 Å². The van der Waals surface area contributed by atoms with Crippen molar-refractivity contribution in [2.45, 2.75) is 70.9 Å². The monoisotopic (exact) mass is 690 g/mol. The molecule has 16 heteroatoms. The summed E-state index contributed by atoms with van der Waals surface area (Å²) in [6.07, 6.45) is -6.58. The molecule has 1 heterocycles. The number of halogens is 1. The van der Waals surface area contributed by atoms with Crippen LogP contribution in [0.1, 0.15) is 57.4 Å². The summed E-state index contributed by atoms with van der Waals surface area (Å²) >= 11 is 6.53. The molecular formula is C31H43ClO15. The average Bonchev–Trinajstić information content (AvgIpc) is 2.97. The van der Waals surface area contributed by atoms with Gasteiger partial charge in [-0.3, -0.25) is 19.2 Å².